The van der Waals surface area contributed by atoms with E-state index < -0.39 is 0 Å². The van der Waals surface area contributed by atoms with E-state index in [9.17, 15) is 9.18 Å². The average molecular weight is 356 g/mol. The standard InChI is InChI=1S/C19H21FN4O2/c1-21-19(22-11-16-10-13-4-2-3-5-17(13)26-16)23-12-18(25)24-15-8-6-14(20)7-9-15/h2-9,16H,10-12H2,1H3,(H,24,25)(H2,21,22,23). The van der Waals surface area contributed by atoms with Crippen molar-refractivity contribution in [1.82, 2.24) is 10.6 Å². The third-order valence-corrected chi connectivity index (χ3v) is 3.98. The molecule has 0 aromatic heterocycles. The predicted molar refractivity (Wildman–Crippen MR) is 99.0 cm³/mol. The molecule has 0 spiro atoms. The molecule has 1 aliphatic heterocycles. The fourth-order valence-corrected chi connectivity index (χ4v) is 2.70. The maximum atomic E-state index is 12.9. The summed E-state index contributed by atoms with van der Waals surface area (Å²) in [5.41, 5.74) is 1.74. The third kappa shape index (κ3) is 4.72. The van der Waals surface area contributed by atoms with Crippen molar-refractivity contribution < 1.29 is 13.9 Å². The molecule has 1 aliphatic rings. The maximum Gasteiger partial charge on any atom is 0.243 e. The van der Waals surface area contributed by atoms with Gasteiger partial charge in [-0.05, 0) is 35.9 Å². The Bertz CT molecular complexity index is 767. The van der Waals surface area contributed by atoms with Crippen LogP contribution in [0.3, 0.4) is 0 Å². The minimum absolute atomic E-state index is 0.0268. The Morgan fingerprint density at radius 1 is 1.19 bits per heavy atom. The van der Waals surface area contributed by atoms with E-state index in [1.807, 2.05) is 18.2 Å². The number of aliphatic imine (C=N–C) groups is 1. The molecule has 0 fully saturated rings. The summed E-state index contributed by atoms with van der Waals surface area (Å²) in [7, 11) is 1.64. The van der Waals surface area contributed by atoms with Crippen LogP contribution in [0, 0.1) is 5.82 Å². The quantitative estimate of drug-likeness (QED) is 0.565. The van der Waals surface area contributed by atoms with Gasteiger partial charge in [0.2, 0.25) is 5.91 Å². The van der Waals surface area contributed by atoms with Crippen LogP contribution < -0.4 is 20.7 Å². The van der Waals surface area contributed by atoms with Gasteiger partial charge in [-0.15, -0.1) is 0 Å². The van der Waals surface area contributed by atoms with Crippen LogP contribution in [0.25, 0.3) is 0 Å². The molecule has 136 valence electrons. The Hall–Kier alpha value is -3.09. The first-order valence-electron chi connectivity index (χ1n) is 8.38. The number of nitrogens with zero attached hydrogens (tertiary/aromatic N) is 1. The van der Waals surface area contributed by atoms with Gasteiger partial charge in [-0.3, -0.25) is 9.79 Å². The largest absolute Gasteiger partial charge is 0.488 e. The van der Waals surface area contributed by atoms with Crippen LogP contribution in [0.2, 0.25) is 0 Å². The topological polar surface area (TPSA) is 74.8 Å². The van der Waals surface area contributed by atoms with Gasteiger partial charge < -0.3 is 20.7 Å². The molecule has 3 rings (SSSR count). The molecule has 7 heteroatoms. The number of carbonyl (C=O) groups is 1. The summed E-state index contributed by atoms with van der Waals surface area (Å²) in [4.78, 5) is 16.1. The predicted octanol–water partition coefficient (Wildman–Crippen LogP) is 1.93. The molecule has 1 heterocycles. The van der Waals surface area contributed by atoms with Crippen molar-refractivity contribution in [2.24, 2.45) is 4.99 Å². The molecule has 1 atom stereocenters. The SMILES string of the molecule is CN=C(NCC(=O)Nc1ccc(F)cc1)NCC1Cc2ccccc2O1. The van der Waals surface area contributed by atoms with Crippen molar-refractivity contribution >= 4 is 17.6 Å². The van der Waals surface area contributed by atoms with E-state index in [-0.39, 0.29) is 24.4 Å². The smallest absolute Gasteiger partial charge is 0.243 e. The number of hydrogen-bond donors (Lipinski definition) is 3. The Kier molecular flexibility index (Phi) is 5.68. The number of halogens is 1. The van der Waals surface area contributed by atoms with Crippen LogP contribution in [-0.2, 0) is 11.2 Å². The van der Waals surface area contributed by atoms with Crippen LogP contribution in [-0.4, -0.2) is 38.1 Å². The second-order valence-electron chi connectivity index (χ2n) is 5.91. The highest BCUT2D eigenvalue weighted by molar-refractivity contribution is 5.94. The fourth-order valence-electron chi connectivity index (χ4n) is 2.70. The molecule has 0 radical (unpaired) electrons. The van der Waals surface area contributed by atoms with Crippen LogP contribution >= 0.6 is 0 Å². The summed E-state index contributed by atoms with van der Waals surface area (Å²) >= 11 is 0. The molecule has 3 N–H and O–H groups in total. The van der Waals surface area contributed by atoms with Gasteiger partial charge in [0.1, 0.15) is 17.7 Å². The molecule has 0 aliphatic carbocycles. The zero-order valence-electron chi connectivity index (χ0n) is 14.5. The van der Waals surface area contributed by atoms with E-state index in [2.05, 4.69) is 27.0 Å². The highest BCUT2D eigenvalue weighted by Gasteiger charge is 2.22. The van der Waals surface area contributed by atoms with E-state index in [0.29, 0.717) is 18.2 Å². The van der Waals surface area contributed by atoms with E-state index in [0.717, 1.165) is 12.2 Å². The molecule has 1 unspecified atom stereocenters. The summed E-state index contributed by atoms with van der Waals surface area (Å²) in [5, 5.41) is 8.78. The highest BCUT2D eigenvalue weighted by Crippen LogP contribution is 2.27. The number of nitrogens with one attached hydrogen (secondary N) is 3. The number of benzene rings is 2. The highest BCUT2D eigenvalue weighted by atomic mass is 19.1. The van der Waals surface area contributed by atoms with Crippen molar-refractivity contribution in [3.05, 3.63) is 59.9 Å². The summed E-state index contributed by atoms with van der Waals surface area (Å²) in [6.07, 6.45) is 0.865. The van der Waals surface area contributed by atoms with E-state index in [4.69, 9.17) is 4.74 Å². The monoisotopic (exact) mass is 356 g/mol. The number of guanidine groups is 1. The van der Waals surface area contributed by atoms with Crippen molar-refractivity contribution in [2.45, 2.75) is 12.5 Å². The van der Waals surface area contributed by atoms with Crippen LogP contribution in [0.15, 0.2) is 53.5 Å². The number of carbonyl (C=O) groups excluding carboxylic acids is 1. The second-order valence-corrected chi connectivity index (χ2v) is 5.91. The molecule has 0 saturated carbocycles. The van der Waals surface area contributed by atoms with Gasteiger partial charge in [0.05, 0.1) is 13.1 Å². The lowest BCUT2D eigenvalue weighted by molar-refractivity contribution is -0.115. The van der Waals surface area contributed by atoms with Crippen LogP contribution in [0.5, 0.6) is 5.75 Å². The first-order valence-corrected chi connectivity index (χ1v) is 8.38. The van der Waals surface area contributed by atoms with Gasteiger partial charge >= 0.3 is 0 Å². The maximum absolute atomic E-state index is 12.9. The molecule has 6 nitrogen and oxygen atoms in total. The average Bonchev–Trinajstić information content (AvgIpc) is 3.06. The summed E-state index contributed by atoms with van der Waals surface area (Å²) in [6, 6.07) is 13.6. The van der Waals surface area contributed by atoms with Gasteiger partial charge in [-0.2, -0.15) is 0 Å². The molecule has 2 aromatic carbocycles. The van der Waals surface area contributed by atoms with E-state index in [1.54, 1.807) is 7.05 Å². The summed E-state index contributed by atoms with van der Waals surface area (Å²) < 4.78 is 18.7. The third-order valence-electron chi connectivity index (χ3n) is 3.98. The number of ether oxygens (including phenoxy) is 1. The number of hydrogen-bond acceptors (Lipinski definition) is 3. The minimum Gasteiger partial charge on any atom is -0.488 e. The number of para-hydroxylation sites is 1. The summed E-state index contributed by atoms with van der Waals surface area (Å²) in [5.74, 6) is 0.839. The zero-order valence-corrected chi connectivity index (χ0v) is 14.5. The fraction of sp³-hybridized carbons (Fsp3) is 0.263. The first-order chi connectivity index (χ1) is 12.6. The second kappa shape index (κ2) is 8.33. The number of rotatable bonds is 5. The van der Waals surface area contributed by atoms with Crippen LogP contribution in [0.1, 0.15) is 5.56 Å². The van der Waals surface area contributed by atoms with Crippen LogP contribution in [0.4, 0.5) is 10.1 Å². The first kappa shape index (κ1) is 17.7. The number of amides is 1. The molecule has 1 amide bonds. The van der Waals surface area contributed by atoms with Crippen molar-refractivity contribution in [2.75, 3.05) is 25.5 Å². The summed E-state index contributed by atoms with van der Waals surface area (Å²) in [6.45, 7) is 0.622. The van der Waals surface area contributed by atoms with Gasteiger partial charge in [0, 0.05) is 19.2 Å². The molecule has 2 aromatic rings. The Morgan fingerprint density at radius 3 is 2.69 bits per heavy atom. The number of fused-ring (bicyclic) bond motifs is 1. The van der Waals surface area contributed by atoms with Crippen molar-refractivity contribution in [3.63, 3.8) is 0 Å². The molecule has 0 bridgehead atoms. The molecule has 26 heavy (non-hydrogen) atoms. The van der Waals surface area contributed by atoms with E-state index in [1.165, 1.54) is 29.8 Å². The Morgan fingerprint density at radius 2 is 1.96 bits per heavy atom. The van der Waals surface area contributed by atoms with E-state index >= 15 is 0 Å². The van der Waals surface area contributed by atoms with Gasteiger partial charge in [0.25, 0.3) is 0 Å². The molecular formula is C19H21FN4O2. The lowest BCUT2D eigenvalue weighted by Gasteiger charge is -2.15. The van der Waals surface area contributed by atoms with Gasteiger partial charge in [-0.1, -0.05) is 18.2 Å². The molecular weight excluding hydrogens is 335 g/mol. The van der Waals surface area contributed by atoms with Gasteiger partial charge in [0.15, 0.2) is 5.96 Å². The molecule has 0 saturated heterocycles. The van der Waals surface area contributed by atoms with Gasteiger partial charge in [-0.25, -0.2) is 4.39 Å². The van der Waals surface area contributed by atoms with Crippen molar-refractivity contribution in [1.29, 1.82) is 0 Å². The number of anilines is 1. The lowest BCUT2D eigenvalue weighted by Crippen LogP contribution is -2.44. The normalized spacial score (nSPS) is 15.8. The minimum atomic E-state index is -0.345. The Labute approximate surface area is 151 Å². The Balaban J connectivity index is 1.41. The van der Waals surface area contributed by atoms with Crippen molar-refractivity contribution in [3.8, 4) is 5.75 Å². The zero-order chi connectivity index (χ0) is 18.4. The lowest BCUT2D eigenvalue weighted by atomic mass is 10.1.